The molecule has 0 fully saturated rings. The molecule has 0 aromatic heterocycles. The van der Waals surface area contributed by atoms with Gasteiger partial charge in [-0.15, -0.1) is 0 Å². The third-order valence-corrected chi connectivity index (χ3v) is 3.30. The van der Waals surface area contributed by atoms with Crippen molar-refractivity contribution in [3.8, 4) is 0 Å². The molecule has 0 radical (unpaired) electrons. The van der Waals surface area contributed by atoms with Gasteiger partial charge in [-0.2, -0.15) is 0 Å². The maximum atomic E-state index is 12.4. The lowest BCUT2D eigenvalue weighted by Crippen LogP contribution is -2.52. The van der Waals surface area contributed by atoms with Gasteiger partial charge in [0.2, 0.25) is 11.8 Å². The van der Waals surface area contributed by atoms with Crippen LogP contribution in [-0.2, 0) is 20.8 Å². The maximum absolute atomic E-state index is 12.4. The summed E-state index contributed by atoms with van der Waals surface area (Å²) < 4.78 is 0. The fraction of sp³-hybridized carbons (Fsp3) is 0.471. The van der Waals surface area contributed by atoms with Crippen LogP contribution in [0, 0.1) is 5.92 Å². The molecule has 0 saturated carbocycles. The third-order valence-electron chi connectivity index (χ3n) is 3.30. The van der Waals surface area contributed by atoms with Gasteiger partial charge in [-0.05, 0) is 17.9 Å². The standard InChI is InChI=1S/C17H24N2O4/c1-11(2)9-15(17(22)23)19-16(21)14(18-12(3)20)10-13-7-5-4-6-8-13/h4-8,11,14-15H,9-10H2,1-3H3,(H,18,20)(H,19,21)(H,22,23)/t14-,15+/m1/s1. The van der Waals surface area contributed by atoms with E-state index in [1.165, 1.54) is 6.92 Å². The van der Waals surface area contributed by atoms with Crippen LogP contribution in [0.1, 0.15) is 32.8 Å². The molecule has 0 aliphatic carbocycles. The van der Waals surface area contributed by atoms with E-state index in [2.05, 4.69) is 10.6 Å². The topological polar surface area (TPSA) is 95.5 Å². The number of carbonyl (C=O) groups excluding carboxylic acids is 2. The summed E-state index contributed by atoms with van der Waals surface area (Å²) in [5.41, 5.74) is 0.886. The Hall–Kier alpha value is -2.37. The summed E-state index contributed by atoms with van der Waals surface area (Å²) in [6.07, 6.45) is 0.638. The van der Waals surface area contributed by atoms with Crippen molar-refractivity contribution in [3.05, 3.63) is 35.9 Å². The highest BCUT2D eigenvalue weighted by Crippen LogP contribution is 2.07. The van der Waals surface area contributed by atoms with Gasteiger partial charge in [-0.3, -0.25) is 9.59 Å². The van der Waals surface area contributed by atoms with Gasteiger partial charge in [0.15, 0.2) is 0 Å². The molecule has 1 aromatic carbocycles. The molecule has 6 nitrogen and oxygen atoms in total. The van der Waals surface area contributed by atoms with Crippen molar-refractivity contribution in [1.82, 2.24) is 10.6 Å². The highest BCUT2D eigenvalue weighted by atomic mass is 16.4. The zero-order valence-electron chi connectivity index (χ0n) is 13.7. The Morgan fingerprint density at radius 3 is 2.13 bits per heavy atom. The van der Waals surface area contributed by atoms with E-state index in [9.17, 15) is 19.5 Å². The first-order valence-corrected chi connectivity index (χ1v) is 7.63. The SMILES string of the molecule is CC(=O)N[C@H](Cc1ccccc1)C(=O)N[C@@H](CC(C)C)C(=O)O. The van der Waals surface area contributed by atoms with Crippen LogP contribution in [0.25, 0.3) is 0 Å². The molecule has 0 aliphatic heterocycles. The Bertz CT molecular complexity index is 543. The van der Waals surface area contributed by atoms with Crippen molar-refractivity contribution in [2.75, 3.05) is 0 Å². The summed E-state index contributed by atoms with van der Waals surface area (Å²) in [6.45, 7) is 5.10. The van der Waals surface area contributed by atoms with E-state index in [1.807, 2.05) is 44.2 Å². The second kappa shape index (κ2) is 8.92. The van der Waals surface area contributed by atoms with Gasteiger partial charge in [0.05, 0.1) is 0 Å². The molecular weight excluding hydrogens is 296 g/mol. The molecule has 3 N–H and O–H groups in total. The molecule has 6 heteroatoms. The average molecular weight is 320 g/mol. The Balaban J connectivity index is 2.82. The molecule has 0 unspecified atom stereocenters. The molecule has 0 spiro atoms. The summed E-state index contributed by atoms with van der Waals surface area (Å²) >= 11 is 0. The summed E-state index contributed by atoms with van der Waals surface area (Å²) in [5.74, 6) is -1.77. The molecule has 0 heterocycles. The molecule has 2 atom stereocenters. The molecule has 0 bridgehead atoms. The number of rotatable bonds is 8. The fourth-order valence-corrected chi connectivity index (χ4v) is 2.27. The Labute approximate surface area is 136 Å². The first kappa shape index (κ1) is 18.7. The van der Waals surface area contributed by atoms with Crippen molar-refractivity contribution in [2.24, 2.45) is 5.92 Å². The summed E-state index contributed by atoms with van der Waals surface area (Å²) in [7, 11) is 0. The first-order chi connectivity index (χ1) is 10.8. The number of hydrogen-bond donors (Lipinski definition) is 3. The number of carboxylic acid groups (broad SMARTS) is 1. The number of aliphatic carboxylic acids is 1. The predicted octanol–water partition coefficient (Wildman–Crippen LogP) is 1.35. The van der Waals surface area contributed by atoms with Crippen LogP contribution in [0.15, 0.2) is 30.3 Å². The fourth-order valence-electron chi connectivity index (χ4n) is 2.27. The summed E-state index contributed by atoms with van der Waals surface area (Å²) in [6, 6.07) is 7.49. The van der Waals surface area contributed by atoms with Gasteiger partial charge >= 0.3 is 5.97 Å². The minimum absolute atomic E-state index is 0.129. The summed E-state index contributed by atoms with van der Waals surface area (Å²) in [4.78, 5) is 35.0. The van der Waals surface area contributed by atoms with Crippen LogP contribution in [0.5, 0.6) is 0 Å². The van der Waals surface area contributed by atoms with E-state index in [1.54, 1.807) is 0 Å². The molecule has 1 aromatic rings. The highest BCUT2D eigenvalue weighted by molar-refractivity contribution is 5.90. The monoisotopic (exact) mass is 320 g/mol. The smallest absolute Gasteiger partial charge is 0.326 e. The zero-order valence-corrected chi connectivity index (χ0v) is 13.7. The second-order valence-electron chi connectivity index (χ2n) is 5.97. The molecule has 2 amide bonds. The van der Waals surface area contributed by atoms with Crippen molar-refractivity contribution in [3.63, 3.8) is 0 Å². The van der Waals surface area contributed by atoms with Crippen LogP contribution in [0.4, 0.5) is 0 Å². The lowest BCUT2D eigenvalue weighted by atomic mass is 10.0. The van der Waals surface area contributed by atoms with Gasteiger partial charge in [0.25, 0.3) is 0 Å². The van der Waals surface area contributed by atoms with E-state index in [-0.39, 0.29) is 11.8 Å². The Morgan fingerprint density at radius 1 is 1.04 bits per heavy atom. The lowest BCUT2D eigenvalue weighted by Gasteiger charge is -2.22. The van der Waals surface area contributed by atoms with Crippen LogP contribution in [0.3, 0.4) is 0 Å². The average Bonchev–Trinajstić information content (AvgIpc) is 2.45. The number of carboxylic acids is 1. The van der Waals surface area contributed by atoms with Crippen molar-refractivity contribution < 1.29 is 19.5 Å². The van der Waals surface area contributed by atoms with Gasteiger partial charge in [0, 0.05) is 13.3 Å². The second-order valence-corrected chi connectivity index (χ2v) is 5.97. The first-order valence-electron chi connectivity index (χ1n) is 7.63. The van der Waals surface area contributed by atoms with E-state index in [0.717, 1.165) is 5.56 Å². The number of benzene rings is 1. The quantitative estimate of drug-likeness (QED) is 0.674. The predicted molar refractivity (Wildman–Crippen MR) is 86.8 cm³/mol. The van der Waals surface area contributed by atoms with E-state index in [0.29, 0.717) is 12.8 Å². The molecular formula is C17H24N2O4. The van der Waals surface area contributed by atoms with Gasteiger partial charge < -0.3 is 15.7 Å². The number of amides is 2. The Kier molecular flexibility index (Phi) is 7.25. The normalized spacial score (nSPS) is 13.2. The largest absolute Gasteiger partial charge is 0.480 e. The zero-order chi connectivity index (χ0) is 17.4. The van der Waals surface area contributed by atoms with Crippen LogP contribution >= 0.6 is 0 Å². The minimum atomic E-state index is -1.08. The van der Waals surface area contributed by atoms with E-state index >= 15 is 0 Å². The van der Waals surface area contributed by atoms with Gasteiger partial charge in [-0.25, -0.2) is 4.79 Å². The van der Waals surface area contributed by atoms with Gasteiger partial charge in [0.1, 0.15) is 12.1 Å². The number of hydrogen-bond acceptors (Lipinski definition) is 3. The van der Waals surface area contributed by atoms with Crippen molar-refractivity contribution in [2.45, 2.75) is 45.7 Å². The molecule has 1 rings (SSSR count). The lowest BCUT2D eigenvalue weighted by molar-refractivity contribution is -0.142. The number of nitrogens with one attached hydrogen (secondary N) is 2. The minimum Gasteiger partial charge on any atom is -0.480 e. The van der Waals surface area contributed by atoms with Crippen LogP contribution in [-0.4, -0.2) is 35.0 Å². The van der Waals surface area contributed by atoms with Crippen molar-refractivity contribution >= 4 is 17.8 Å². The molecule has 126 valence electrons. The van der Waals surface area contributed by atoms with Crippen LogP contribution in [0.2, 0.25) is 0 Å². The Morgan fingerprint density at radius 2 is 1.65 bits per heavy atom. The van der Waals surface area contributed by atoms with Gasteiger partial charge in [-0.1, -0.05) is 44.2 Å². The molecule has 0 aliphatic rings. The molecule has 23 heavy (non-hydrogen) atoms. The molecule has 0 saturated heterocycles. The van der Waals surface area contributed by atoms with Crippen LogP contribution < -0.4 is 10.6 Å². The maximum Gasteiger partial charge on any atom is 0.326 e. The van der Waals surface area contributed by atoms with E-state index < -0.39 is 24.0 Å². The third kappa shape index (κ3) is 6.95. The highest BCUT2D eigenvalue weighted by Gasteiger charge is 2.26. The van der Waals surface area contributed by atoms with Crippen molar-refractivity contribution in [1.29, 1.82) is 0 Å². The number of carbonyl (C=O) groups is 3. The van der Waals surface area contributed by atoms with E-state index in [4.69, 9.17) is 0 Å². The summed E-state index contributed by atoms with van der Waals surface area (Å²) in [5, 5.41) is 14.3.